The van der Waals surface area contributed by atoms with E-state index < -0.39 is 11.4 Å². The van der Waals surface area contributed by atoms with Crippen LogP contribution in [-0.2, 0) is 23.8 Å². The molecule has 0 radical (unpaired) electrons. The molecule has 0 bridgehead atoms. The summed E-state index contributed by atoms with van der Waals surface area (Å²) >= 11 is 1.36. The van der Waals surface area contributed by atoms with E-state index in [-0.39, 0.29) is 18.1 Å². The van der Waals surface area contributed by atoms with Crippen LogP contribution in [0.3, 0.4) is 0 Å². The number of nitrogens with two attached hydrogens (primary N) is 1. The van der Waals surface area contributed by atoms with Gasteiger partial charge in [0.1, 0.15) is 22.9 Å². The first-order chi connectivity index (χ1) is 21.0. The van der Waals surface area contributed by atoms with Crippen LogP contribution in [-0.4, -0.2) is 86.1 Å². The minimum atomic E-state index is -0.959. The van der Waals surface area contributed by atoms with Crippen molar-refractivity contribution in [3.63, 3.8) is 0 Å². The molecule has 2 aromatic rings. The Morgan fingerprint density at radius 3 is 2.07 bits per heavy atom. The summed E-state index contributed by atoms with van der Waals surface area (Å²) in [6.07, 6.45) is 3.96. The van der Waals surface area contributed by atoms with Crippen LogP contribution in [0.25, 0.3) is 0 Å². The van der Waals surface area contributed by atoms with E-state index in [0.29, 0.717) is 83.6 Å². The maximum atomic E-state index is 13.2. The van der Waals surface area contributed by atoms with E-state index in [1.54, 1.807) is 24.3 Å². The lowest BCUT2D eigenvalue weighted by molar-refractivity contribution is -0.141. The number of ether oxygens (including phenoxy) is 4. The molecular weight excluding hydrogens is 579 g/mol. The van der Waals surface area contributed by atoms with Crippen LogP contribution in [0.5, 0.6) is 11.5 Å². The SMILES string of the molecule is NCCOCCOCCOCCNC(=O)CCN(Sc1ccc(Oc2ccc(F)cc2)cc1)C1(C(=O)NO)CCCCC1. The first-order valence-corrected chi connectivity index (χ1v) is 15.4. The lowest BCUT2D eigenvalue weighted by Gasteiger charge is -2.43. The Balaban J connectivity index is 1.51. The van der Waals surface area contributed by atoms with Gasteiger partial charge in [-0.15, -0.1) is 0 Å². The molecule has 0 saturated heterocycles. The standard InChI is InChI=1S/C30H43FN4O7S/c31-24-4-6-25(7-5-24)42-26-8-10-27(11-9-26)43-35(30(29(37)34-38)13-2-1-3-14-30)17-12-28(36)33-16-19-40-21-23-41-22-20-39-18-15-32/h4-11,38H,1-3,12-23,32H2,(H,33,36)(H,34,37). The first kappa shape index (κ1) is 34.7. The van der Waals surface area contributed by atoms with Crippen LogP contribution in [0.4, 0.5) is 4.39 Å². The fraction of sp³-hybridized carbons (Fsp3) is 0.533. The molecule has 238 valence electrons. The van der Waals surface area contributed by atoms with E-state index in [1.807, 2.05) is 21.9 Å². The van der Waals surface area contributed by atoms with Crippen LogP contribution in [0.15, 0.2) is 53.4 Å². The Bertz CT molecular complexity index is 1090. The molecule has 3 rings (SSSR count). The summed E-state index contributed by atoms with van der Waals surface area (Å²) < 4.78 is 37.0. The van der Waals surface area contributed by atoms with Gasteiger partial charge in [-0.1, -0.05) is 19.3 Å². The fourth-order valence-electron chi connectivity index (χ4n) is 4.69. The molecule has 13 heteroatoms. The number of halogens is 1. The monoisotopic (exact) mass is 622 g/mol. The van der Waals surface area contributed by atoms with Crippen LogP contribution < -0.4 is 21.3 Å². The lowest BCUT2D eigenvalue weighted by Crippen LogP contribution is -2.57. The summed E-state index contributed by atoms with van der Waals surface area (Å²) in [7, 11) is 0. The van der Waals surface area contributed by atoms with Gasteiger partial charge in [0.25, 0.3) is 5.91 Å². The molecule has 1 aliphatic rings. The highest BCUT2D eigenvalue weighted by Crippen LogP contribution is 2.41. The number of rotatable bonds is 20. The average Bonchev–Trinajstić information content (AvgIpc) is 3.03. The molecule has 2 amide bonds. The van der Waals surface area contributed by atoms with Crippen LogP contribution >= 0.6 is 11.9 Å². The third-order valence-corrected chi connectivity index (χ3v) is 8.12. The molecule has 0 spiro atoms. The maximum Gasteiger partial charge on any atom is 0.264 e. The predicted molar refractivity (Wildman–Crippen MR) is 160 cm³/mol. The number of hydrogen-bond acceptors (Lipinski definition) is 10. The zero-order valence-corrected chi connectivity index (χ0v) is 25.2. The summed E-state index contributed by atoms with van der Waals surface area (Å²) in [4.78, 5) is 26.6. The Hall–Kier alpha value is -2.78. The highest BCUT2D eigenvalue weighted by atomic mass is 32.2. The topological polar surface area (TPSA) is 145 Å². The molecule has 0 unspecified atom stereocenters. The van der Waals surface area contributed by atoms with Crippen molar-refractivity contribution >= 4 is 23.8 Å². The van der Waals surface area contributed by atoms with Gasteiger partial charge >= 0.3 is 0 Å². The van der Waals surface area contributed by atoms with Gasteiger partial charge in [0, 0.05) is 31.0 Å². The van der Waals surface area contributed by atoms with Crippen molar-refractivity contribution in [2.75, 3.05) is 59.3 Å². The number of hydrogen-bond donors (Lipinski definition) is 4. The lowest BCUT2D eigenvalue weighted by atomic mass is 9.81. The van der Waals surface area contributed by atoms with Crippen molar-refractivity contribution in [3.8, 4) is 11.5 Å². The van der Waals surface area contributed by atoms with Gasteiger partial charge in [-0.3, -0.25) is 14.8 Å². The van der Waals surface area contributed by atoms with Gasteiger partial charge in [-0.2, -0.15) is 0 Å². The van der Waals surface area contributed by atoms with E-state index in [2.05, 4.69) is 5.32 Å². The number of hydroxylamine groups is 1. The Kier molecular flexibility index (Phi) is 15.7. The van der Waals surface area contributed by atoms with Crippen molar-refractivity contribution in [2.24, 2.45) is 5.73 Å². The van der Waals surface area contributed by atoms with Gasteiger partial charge in [0.2, 0.25) is 5.91 Å². The summed E-state index contributed by atoms with van der Waals surface area (Å²) in [6.45, 7) is 3.77. The molecule has 1 saturated carbocycles. The number of nitrogens with one attached hydrogen (secondary N) is 2. The number of nitrogens with zero attached hydrogens (tertiary/aromatic N) is 1. The van der Waals surface area contributed by atoms with Crippen molar-refractivity contribution in [3.05, 3.63) is 54.3 Å². The van der Waals surface area contributed by atoms with Gasteiger partial charge in [-0.05, 0) is 73.3 Å². The zero-order valence-electron chi connectivity index (χ0n) is 24.4. The molecule has 1 fully saturated rings. The van der Waals surface area contributed by atoms with E-state index in [1.165, 1.54) is 24.1 Å². The molecule has 11 nitrogen and oxygen atoms in total. The third-order valence-electron chi connectivity index (χ3n) is 6.89. The highest BCUT2D eigenvalue weighted by Gasteiger charge is 2.45. The summed E-state index contributed by atoms with van der Waals surface area (Å²) in [5.41, 5.74) is 6.26. The van der Waals surface area contributed by atoms with Gasteiger partial charge < -0.3 is 30.0 Å². The highest BCUT2D eigenvalue weighted by molar-refractivity contribution is 7.97. The largest absolute Gasteiger partial charge is 0.457 e. The van der Waals surface area contributed by atoms with Gasteiger partial charge in [0.15, 0.2) is 0 Å². The van der Waals surface area contributed by atoms with Crippen molar-refractivity contribution in [2.45, 2.75) is 49.0 Å². The summed E-state index contributed by atoms with van der Waals surface area (Å²) in [6, 6.07) is 13.1. The van der Waals surface area contributed by atoms with Crippen LogP contribution in [0.1, 0.15) is 38.5 Å². The Morgan fingerprint density at radius 2 is 1.47 bits per heavy atom. The second-order valence-electron chi connectivity index (χ2n) is 9.98. The van der Waals surface area contributed by atoms with Crippen LogP contribution in [0.2, 0.25) is 0 Å². The molecule has 0 heterocycles. The average molecular weight is 623 g/mol. The van der Waals surface area contributed by atoms with Crippen molar-refractivity contribution in [1.82, 2.24) is 15.1 Å². The molecule has 43 heavy (non-hydrogen) atoms. The van der Waals surface area contributed by atoms with E-state index in [4.69, 9.17) is 24.7 Å². The van der Waals surface area contributed by atoms with Crippen molar-refractivity contribution < 1.29 is 38.1 Å². The van der Waals surface area contributed by atoms with E-state index >= 15 is 0 Å². The number of amides is 2. The Morgan fingerprint density at radius 1 is 0.884 bits per heavy atom. The fourth-order valence-corrected chi connectivity index (χ4v) is 5.83. The smallest absolute Gasteiger partial charge is 0.264 e. The molecule has 2 aromatic carbocycles. The maximum absolute atomic E-state index is 13.2. The molecule has 0 atom stereocenters. The minimum Gasteiger partial charge on any atom is -0.457 e. The minimum absolute atomic E-state index is 0.158. The number of carbonyl (C=O) groups excluding carboxylic acids is 2. The molecular formula is C30H43FN4O7S. The normalized spacial score (nSPS) is 14.4. The van der Waals surface area contributed by atoms with Gasteiger partial charge in [-0.25, -0.2) is 14.2 Å². The quantitative estimate of drug-likeness (QED) is 0.0748. The predicted octanol–water partition coefficient (Wildman–Crippen LogP) is 3.65. The molecule has 0 aromatic heterocycles. The molecule has 5 N–H and O–H groups in total. The second kappa shape index (κ2) is 19.5. The Labute approximate surface area is 256 Å². The van der Waals surface area contributed by atoms with Crippen molar-refractivity contribution in [1.29, 1.82) is 0 Å². The number of carbonyl (C=O) groups is 2. The summed E-state index contributed by atoms with van der Waals surface area (Å²) in [5, 5.41) is 12.5. The zero-order chi connectivity index (χ0) is 30.8. The first-order valence-electron chi connectivity index (χ1n) is 14.6. The van der Waals surface area contributed by atoms with Crippen LogP contribution in [0, 0.1) is 5.82 Å². The third kappa shape index (κ3) is 12.0. The van der Waals surface area contributed by atoms with E-state index in [0.717, 1.165) is 24.2 Å². The second-order valence-corrected chi connectivity index (χ2v) is 11.1. The number of benzene rings is 2. The van der Waals surface area contributed by atoms with Gasteiger partial charge in [0.05, 0.1) is 39.6 Å². The molecule has 1 aliphatic carbocycles. The summed E-state index contributed by atoms with van der Waals surface area (Å²) in [5.74, 6) is 0.108. The van der Waals surface area contributed by atoms with E-state index in [9.17, 15) is 19.2 Å². The molecule has 0 aliphatic heterocycles.